The van der Waals surface area contributed by atoms with Gasteiger partial charge in [0.25, 0.3) is 5.91 Å². The fraction of sp³-hybridized carbons (Fsp3) is 0.435. The van der Waals surface area contributed by atoms with Gasteiger partial charge in [-0.05, 0) is 56.5 Å². The molecule has 1 aromatic heterocycles. The molecule has 1 fully saturated rings. The van der Waals surface area contributed by atoms with E-state index >= 15 is 0 Å². The molecule has 0 N–H and O–H groups in total. The van der Waals surface area contributed by atoms with Crippen molar-refractivity contribution >= 4 is 23.5 Å². The van der Waals surface area contributed by atoms with Crippen molar-refractivity contribution in [1.29, 1.82) is 5.26 Å². The third-order valence-corrected chi connectivity index (χ3v) is 5.13. The second-order valence-corrected chi connectivity index (χ2v) is 7.24. The maximum atomic E-state index is 12.9. The lowest BCUT2D eigenvalue weighted by Gasteiger charge is -2.34. The van der Waals surface area contributed by atoms with Gasteiger partial charge in [0.2, 0.25) is 5.95 Å². The van der Waals surface area contributed by atoms with E-state index in [1.807, 2.05) is 17.9 Å². The minimum absolute atomic E-state index is 0.161. The van der Waals surface area contributed by atoms with Gasteiger partial charge in [-0.15, -0.1) is 0 Å². The van der Waals surface area contributed by atoms with Gasteiger partial charge in [-0.25, -0.2) is 14.8 Å². The quantitative estimate of drug-likeness (QED) is 0.551. The average Bonchev–Trinajstić information content (AvgIpc) is 2.84. The molecule has 168 valence electrons. The third-order valence-electron chi connectivity index (χ3n) is 5.13. The SMILES string of the molecule is CCOc1ccc(N(CCC#N)C(=O)COC(=O)C2CCCCN2c2ncccn2)cc1. The van der Waals surface area contributed by atoms with Crippen LogP contribution in [0.4, 0.5) is 11.6 Å². The zero-order chi connectivity index (χ0) is 22.8. The Morgan fingerprint density at radius 2 is 1.97 bits per heavy atom. The predicted octanol–water partition coefficient (Wildman–Crippen LogP) is 2.72. The van der Waals surface area contributed by atoms with Crippen LogP contribution in [0.1, 0.15) is 32.6 Å². The Labute approximate surface area is 187 Å². The lowest BCUT2D eigenvalue weighted by atomic mass is 10.0. The van der Waals surface area contributed by atoms with E-state index in [0.717, 1.165) is 12.8 Å². The van der Waals surface area contributed by atoms with Crippen molar-refractivity contribution in [2.75, 3.05) is 36.1 Å². The fourth-order valence-corrected chi connectivity index (χ4v) is 3.61. The molecule has 1 aromatic carbocycles. The minimum Gasteiger partial charge on any atom is -0.494 e. The first-order valence-corrected chi connectivity index (χ1v) is 10.7. The van der Waals surface area contributed by atoms with E-state index in [1.54, 1.807) is 42.7 Å². The molecule has 2 heterocycles. The molecule has 1 aliphatic heterocycles. The van der Waals surface area contributed by atoms with Crippen molar-refractivity contribution in [3.05, 3.63) is 42.7 Å². The van der Waals surface area contributed by atoms with Crippen LogP contribution < -0.4 is 14.5 Å². The Balaban J connectivity index is 1.65. The number of anilines is 2. The summed E-state index contributed by atoms with van der Waals surface area (Å²) in [5.41, 5.74) is 0.613. The Bertz CT molecular complexity index is 930. The van der Waals surface area contributed by atoms with Crippen molar-refractivity contribution < 1.29 is 19.1 Å². The lowest BCUT2D eigenvalue weighted by Crippen LogP contribution is -2.47. The molecule has 1 unspecified atom stereocenters. The van der Waals surface area contributed by atoms with Gasteiger partial charge in [-0.3, -0.25) is 4.79 Å². The standard InChI is InChI=1S/C23H27N5O4/c1-2-31-19-10-8-18(9-11-19)27(16-5-12-24)21(29)17-32-22(30)20-7-3-4-15-28(20)23-25-13-6-14-26-23/h6,8-11,13-14,20H,2-5,7,15-17H2,1H3. The number of nitrogens with zero attached hydrogens (tertiary/aromatic N) is 5. The highest BCUT2D eigenvalue weighted by molar-refractivity contribution is 5.95. The van der Waals surface area contributed by atoms with E-state index < -0.39 is 24.5 Å². The smallest absolute Gasteiger partial charge is 0.329 e. The molecular weight excluding hydrogens is 410 g/mol. The monoisotopic (exact) mass is 437 g/mol. The number of benzene rings is 1. The Morgan fingerprint density at radius 1 is 1.22 bits per heavy atom. The largest absolute Gasteiger partial charge is 0.494 e. The highest BCUT2D eigenvalue weighted by atomic mass is 16.5. The van der Waals surface area contributed by atoms with Gasteiger partial charge in [-0.1, -0.05) is 0 Å². The highest BCUT2D eigenvalue weighted by Gasteiger charge is 2.32. The van der Waals surface area contributed by atoms with Crippen LogP contribution in [0.15, 0.2) is 42.7 Å². The molecule has 0 spiro atoms. The maximum Gasteiger partial charge on any atom is 0.329 e. The van der Waals surface area contributed by atoms with Crippen LogP contribution >= 0.6 is 0 Å². The number of nitriles is 1. The summed E-state index contributed by atoms with van der Waals surface area (Å²) in [6.45, 7) is 2.88. The summed E-state index contributed by atoms with van der Waals surface area (Å²) in [6, 6.07) is 10.3. The van der Waals surface area contributed by atoms with Crippen molar-refractivity contribution in [2.24, 2.45) is 0 Å². The third kappa shape index (κ3) is 5.94. The van der Waals surface area contributed by atoms with E-state index in [0.29, 0.717) is 37.0 Å². The first kappa shape index (κ1) is 23.0. The van der Waals surface area contributed by atoms with Gasteiger partial charge in [-0.2, -0.15) is 5.26 Å². The molecule has 3 rings (SSSR count). The Morgan fingerprint density at radius 3 is 2.66 bits per heavy atom. The van der Waals surface area contributed by atoms with Crippen LogP contribution in [0.25, 0.3) is 0 Å². The highest BCUT2D eigenvalue weighted by Crippen LogP contribution is 2.23. The number of ether oxygens (including phenoxy) is 2. The Hall–Kier alpha value is -3.67. The van der Waals surface area contributed by atoms with E-state index in [1.165, 1.54) is 4.90 Å². The van der Waals surface area contributed by atoms with Gasteiger partial charge in [0, 0.05) is 31.2 Å². The van der Waals surface area contributed by atoms with Crippen LogP contribution in [-0.2, 0) is 14.3 Å². The molecule has 0 aliphatic carbocycles. The van der Waals surface area contributed by atoms with Crippen molar-refractivity contribution in [3.63, 3.8) is 0 Å². The summed E-state index contributed by atoms with van der Waals surface area (Å²) in [6.07, 6.45) is 5.86. The van der Waals surface area contributed by atoms with E-state index in [2.05, 4.69) is 9.97 Å². The lowest BCUT2D eigenvalue weighted by molar-refractivity contribution is -0.149. The molecule has 32 heavy (non-hydrogen) atoms. The topological polar surface area (TPSA) is 109 Å². The summed E-state index contributed by atoms with van der Waals surface area (Å²) < 4.78 is 10.8. The molecule has 0 radical (unpaired) electrons. The summed E-state index contributed by atoms with van der Waals surface area (Å²) >= 11 is 0. The summed E-state index contributed by atoms with van der Waals surface area (Å²) in [7, 11) is 0. The maximum absolute atomic E-state index is 12.9. The number of carbonyl (C=O) groups excluding carboxylic acids is 2. The fourth-order valence-electron chi connectivity index (χ4n) is 3.61. The molecule has 2 aromatic rings. The number of esters is 1. The van der Waals surface area contributed by atoms with E-state index in [-0.39, 0.29) is 13.0 Å². The zero-order valence-corrected chi connectivity index (χ0v) is 18.1. The van der Waals surface area contributed by atoms with Crippen molar-refractivity contribution in [1.82, 2.24) is 9.97 Å². The second-order valence-electron chi connectivity index (χ2n) is 7.24. The summed E-state index contributed by atoms with van der Waals surface area (Å²) in [5, 5.41) is 8.97. The molecule has 0 saturated carbocycles. The van der Waals surface area contributed by atoms with Gasteiger partial charge < -0.3 is 19.3 Å². The first-order chi connectivity index (χ1) is 15.6. The van der Waals surface area contributed by atoms with Gasteiger partial charge in [0.1, 0.15) is 11.8 Å². The number of carbonyl (C=O) groups is 2. The molecule has 1 amide bonds. The zero-order valence-electron chi connectivity index (χ0n) is 18.1. The van der Waals surface area contributed by atoms with Crippen LogP contribution in [-0.4, -0.2) is 54.2 Å². The summed E-state index contributed by atoms with van der Waals surface area (Å²) in [5.74, 6) is 0.301. The number of aromatic nitrogens is 2. The van der Waals surface area contributed by atoms with Crippen LogP contribution in [0, 0.1) is 11.3 Å². The first-order valence-electron chi connectivity index (χ1n) is 10.7. The number of rotatable bonds is 9. The number of hydrogen-bond acceptors (Lipinski definition) is 8. The molecular formula is C23H27N5O4. The molecule has 9 nitrogen and oxygen atoms in total. The number of amides is 1. The van der Waals surface area contributed by atoms with Crippen LogP contribution in [0.5, 0.6) is 5.75 Å². The normalized spacial score (nSPS) is 15.5. The number of piperidine rings is 1. The average molecular weight is 438 g/mol. The van der Waals surface area contributed by atoms with Gasteiger partial charge in [0.15, 0.2) is 6.61 Å². The number of hydrogen-bond donors (Lipinski definition) is 0. The van der Waals surface area contributed by atoms with E-state index in [4.69, 9.17) is 14.7 Å². The predicted molar refractivity (Wildman–Crippen MR) is 118 cm³/mol. The van der Waals surface area contributed by atoms with Crippen molar-refractivity contribution in [3.8, 4) is 11.8 Å². The molecule has 1 saturated heterocycles. The van der Waals surface area contributed by atoms with Gasteiger partial charge in [0.05, 0.1) is 19.1 Å². The Kier molecular flexibility index (Phi) is 8.37. The molecule has 0 bridgehead atoms. The van der Waals surface area contributed by atoms with Gasteiger partial charge >= 0.3 is 5.97 Å². The summed E-state index contributed by atoms with van der Waals surface area (Å²) in [4.78, 5) is 37.5. The molecule has 1 aliphatic rings. The molecule has 1 atom stereocenters. The van der Waals surface area contributed by atoms with Crippen LogP contribution in [0.2, 0.25) is 0 Å². The van der Waals surface area contributed by atoms with Crippen molar-refractivity contribution in [2.45, 2.75) is 38.6 Å². The minimum atomic E-state index is -0.531. The van der Waals surface area contributed by atoms with E-state index in [9.17, 15) is 9.59 Å². The van der Waals surface area contributed by atoms with Crippen LogP contribution in [0.3, 0.4) is 0 Å². The molecule has 9 heteroatoms. The second kappa shape index (κ2) is 11.6.